The van der Waals surface area contributed by atoms with E-state index in [1.807, 2.05) is 10.7 Å². The van der Waals surface area contributed by atoms with Crippen LogP contribution in [0.4, 0.5) is 4.39 Å². The van der Waals surface area contributed by atoms with Crippen molar-refractivity contribution in [2.24, 2.45) is 5.73 Å². The van der Waals surface area contributed by atoms with E-state index in [2.05, 4.69) is 15.5 Å². The molecule has 0 atom stereocenters. The van der Waals surface area contributed by atoms with E-state index in [0.29, 0.717) is 24.6 Å². The first-order valence-corrected chi connectivity index (χ1v) is 8.04. The summed E-state index contributed by atoms with van der Waals surface area (Å²) in [4.78, 5) is 0.842. The van der Waals surface area contributed by atoms with Gasteiger partial charge in [0.2, 0.25) is 5.16 Å². The molecule has 1 fully saturated rings. The van der Waals surface area contributed by atoms with Crippen LogP contribution in [-0.2, 0) is 6.42 Å². The summed E-state index contributed by atoms with van der Waals surface area (Å²) in [5.74, 6) is -0.217. The Morgan fingerprint density at radius 2 is 2.14 bits per heavy atom. The third-order valence-corrected chi connectivity index (χ3v) is 4.86. The molecule has 0 saturated heterocycles. The van der Waals surface area contributed by atoms with Gasteiger partial charge in [-0.1, -0.05) is 18.9 Å². The molecule has 2 aromatic rings. The van der Waals surface area contributed by atoms with Gasteiger partial charge in [0.25, 0.3) is 0 Å². The first-order valence-electron chi connectivity index (χ1n) is 7.22. The SMILES string of the molecule is NCCc1c(F)cccc1Sc1nnnn1C1CCCC1. The van der Waals surface area contributed by atoms with Gasteiger partial charge in [-0.3, -0.25) is 0 Å². The molecular weight excluding hydrogens is 289 g/mol. The second-order valence-electron chi connectivity index (χ2n) is 5.20. The van der Waals surface area contributed by atoms with E-state index in [0.717, 1.165) is 22.9 Å². The standard InChI is InChI=1S/C14H18FN5S/c15-12-6-3-7-13(11(12)8-9-16)21-14-17-18-19-20(14)10-4-1-2-5-10/h3,6-7,10H,1-2,4-5,8-9,16H2. The maximum Gasteiger partial charge on any atom is 0.214 e. The molecule has 0 radical (unpaired) electrons. The van der Waals surface area contributed by atoms with E-state index in [1.165, 1.54) is 30.7 Å². The van der Waals surface area contributed by atoms with E-state index < -0.39 is 0 Å². The first-order chi connectivity index (χ1) is 10.3. The summed E-state index contributed by atoms with van der Waals surface area (Å²) in [6.45, 7) is 0.419. The maximum atomic E-state index is 13.9. The monoisotopic (exact) mass is 307 g/mol. The third kappa shape index (κ3) is 3.08. The van der Waals surface area contributed by atoms with Crippen molar-refractivity contribution in [3.05, 3.63) is 29.6 Å². The first kappa shape index (κ1) is 14.5. The summed E-state index contributed by atoms with van der Waals surface area (Å²) >= 11 is 1.42. The molecule has 21 heavy (non-hydrogen) atoms. The minimum absolute atomic E-state index is 0.217. The highest BCUT2D eigenvalue weighted by Crippen LogP contribution is 2.35. The second-order valence-corrected chi connectivity index (χ2v) is 6.21. The topological polar surface area (TPSA) is 69.6 Å². The van der Waals surface area contributed by atoms with Gasteiger partial charge in [-0.2, -0.15) is 0 Å². The van der Waals surface area contributed by atoms with Crippen molar-refractivity contribution >= 4 is 11.8 Å². The van der Waals surface area contributed by atoms with Gasteiger partial charge >= 0.3 is 0 Å². The lowest BCUT2D eigenvalue weighted by Crippen LogP contribution is -2.09. The summed E-state index contributed by atoms with van der Waals surface area (Å²) in [7, 11) is 0. The zero-order chi connectivity index (χ0) is 14.7. The normalized spacial score (nSPS) is 15.7. The Morgan fingerprint density at radius 3 is 2.90 bits per heavy atom. The lowest BCUT2D eigenvalue weighted by atomic mass is 10.1. The van der Waals surface area contributed by atoms with Crippen molar-refractivity contribution in [2.75, 3.05) is 6.54 Å². The number of hydrogen-bond donors (Lipinski definition) is 1. The number of nitrogens with zero attached hydrogens (tertiary/aromatic N) is 4. The number of aromatic nitrogens is 4. The van der Waals surface area contributed by atoms with Crippen LogP contribution < -0.4 is 5.73 Å². The molecule has 5 nitrogen and oxygen atoms in total. The van der Waals surface area contributed by atoms with Crippen LogP contribution in [0.3, 0.4) is 0 Å². The summed E-state index contributed by atoms with van der Waals surface area (Å²) in [5.41, 5.74) is 6.22. The van der Waals surface area contributed by atoms with Crippen molar-refractivity contribution in [3.63, 3.8) is 0 Å². The molecule has 0 unspecified atom stereocenters. The lowest BCUT2D eigenvalue weighted by molar-refractivity contribution is 0.423. The second kappa shape index (κ2) is 6.53. The van der Waals surface area contributed by atoms with Gasteiger partial charge in [0.15, 0.2) is 0 Å². The highest BCUT2D eigenvalue weighted by Gasteiger charge is 2.22. The molecule has 1 saturated carbocycles. The molecule has 7 heteroatoms. The van der Waals surface area contributed by atoms with Crippen LogP contribution in [0.25, 0.3) is 0 Å². The maximum absolute atomic E-state index is 13.9. The van der Waals surface area contributed by atoms with Gasteiger partial charge in [-0.05, 0) is 60.1 Å². The van der Waals surface area contributed by atoms with Gasteiger partial charge in [0.05, 0.1) is 6.04 Å². The Hall–Kier alpha value is -1.47. The summed E-state index contributed by atoms with van der Waals surface area (Å²) in [5, 5.41) is 12.7. The summed E-state index contributed by atoms with van der Waals surface area (Å²) < 4.78 is 15.8. The zero-order valence-electron chi connectivity index (χ0n) is 11.7. The van der Waals surface area contributed by atoms with Crippen LogP contribution in [0.5, 0.6) is 0 Å². The quantitative estimate of drug-likeness (QED) is 0.919. The van der Waals surface area contributed by atoms with E-state index in [-0.39, 0.29) is 5.82 Å². The summed E-state index contributed by atoms with van der Waals surface area (Å²) in [6, 6.07) is 5.44. The highest BCUT2D eigenvalue weighted by atomic mass is 32.2. The molecule has 0 amide bonds. The molecule has 0 aliphatic heterocycles. The van der Waals surface area contributed by atoms with Crippen molar-refractivity contribution in [2.45, 2.75) is 48.2 Å². The van der Waals surface area contributed by atoms with Gasteiger partial charge < -0.3 is 5.73 Å². The molecule has 1 aromatic carbocycles. The van der Waals surface area contributed by atoms with Crippen LogP contribution in [0.15, 0.2) is 28.3 Å². The molecule has 0 spiro atoms. The van der Waals surface area contributed by atoms with Gasteiger partial charge in [0.1, 0.15) is 5.82 Å². The Balaban J connectivity index is 1.87. The number of nitrogens with two attached hydrogens (primary N) is 1. The zero-order valence-corrected chi connectivity index (χ0v) is 12.5. The van der Waals surface area contributed by atoms with Crippen molar-refractivity contribution in [1.29, 1.82) is 0 Å². The number of rotatable bonds is 5. The average molecular weight is 307 g/mol. The molecule has 112 valence electrons. The van der Waals surface area contributed by atoms with Gasteiger partial charge in [-0.15, -0.1) is 5.10 Å². The van der Waals surface area contributed by atoms with Crippen molar-refractivity contribution in [1.82, 2.24) is 20.2 Å². The Morgan fingerprint density at radius 1 is 1.33 bits per heavy atom. The van der Waals surface area contributed by atoms with Gasteiger partial charge in [0, 0.05) is 10.5 Å². The van der Waals surface area contributed by atoms with Crippen LogP contribution in [0.1, 0.15) is 37.3 Å². The van der Waals surface area contributed by atoms with E-state index in [1.54, 1.807) is 6.07 Å². The summed E-state index contributed by atoms with van der Waals surface area (Å²) in [6.07, 6.45) is 5.16. The molecule has 0 bridgehead atoms. The minimum Gasteiger partial charge on any atom is -0.330 e. The minimum atomic E-state index is -0.217. The molecule has 1 aromatic heterocycles. The van der Waals surface area contributed by atoms with E-state index in [4.69, 9.17) is 5.73 Å². The predicted molar refractivity (Wildman–Crippen MR) is 78.6 cm³/mol. The number of benzene rings is 1. The van der Waals surface area contributed by atoms with Crippen LogP contribution in [0.2, 0.25) is 0 Å². The molecule has 2 N–H and O–H groups in total. The van der Waals surface area contributed by atoms with E-state index >= 15 is 0 Å². The fourth-order valence-electron chi connectivity index (χ4n) is 2.75. The number of tetrazole rings is 1. The van der Waals surface area contributed by atoms with Crippen LogP contribution in [0, 0.1) is 5.82 Å². The van der Waals surface area contributed by atoms with Gasteiger partial charge in [-0.25, -0.2) is 9.07 Å². The Bertz CT molecular complexity index is 609. The lowest BCUT2D eigenvalue weighted by Gasteiger charge is -2.12. The van der Waals surface area contributed by atoms with Crippen LogP contribution >= 0.6 is 11.8 Å². The molecule has 1 aliphatic rings. The molecule has 1 aliphatic carbocycles. The predicted octanol–water partition coefficient (Wildman–Crippen LogP) is 2.58. The Kier molecular flexibility index (Phi) is 4.50. The smallest absolute Gasteiger partial charge is 0.214 e. The highest BCUT2D eigenvalue weighted by molar-refractivity contribution is 7.99. The molecule has 3 rings (SSSR count). The number of halogens is 1. The molecular formula is C14H18FN5S. The number of hydrogen-bond acceptors (Lipinski definition) is 5. The fourth-order valence-corrected chi connectivity index (χ4v) is 3.77. The average Bonchev–Trinajstić information content (AvgIpc) is 3.13. The van der Waals surface area contributed by atoms with Crippen molar-refractivity contribution in [3.8, 4) is 0 Å². The Labute approximate surface area is 127 Å². The third-order valence-electron chi connectivity index (χ3n) is 3.80. The van der Waals surface area contributed by atoms with E-state index in [9.17, 15) is 4.39 Å². The van der Waals surface area contributed by atoms with Crippen LogP contribution in [-0.4, -0.2) is 26.8 Å². The van der Waals surface area contributed by atoms with Crippen molar-refractivity contribution < 1.29 is 4.39 Å². The largest absolute Gasteiger partial charge is 0.330 e. The fraction of sp³-hybridized carbons (Fsp3) is 0.500. The molecule has 1 heterocycles.